The number of carbonyl (C=O) groups excluding carboxylic acids is 1. The fraction of sp³-hybridized carbons (Fsp3) is 0.357. The van der Waals surface area contributed by atoms with E-state index >= 15 is 0 Å². The van der Waals surface area contributed by atoms with Crippen LogP contribution in [0.15, 0.2) is 28.8 Å². The second kappa shape index (κ2) is 7.08. The highest BCUT2D eigenvalue weighted by Crippen LogP contribution is 2.22. The van der Waals surface area contributed by atoms with Crippen LogP contribution in [0.1, 0.15) is 13.3 Å². The van der Waals surface area contributed by atoms with Crippen LogP contribution in [0.25, 0.3) is 11.4 Å². The van der Waals surface area contributed by atoms with E-state index in [0.29, 0.717) is 30.0 Å². The lowest BCUT2D eigenvalue weighted by Gasteiger charge is -2.13. The molecule has 1 heterocycles. The fourth-order valence-corrected chi connectivity index (χ4v) is 1.98. The molecule has 112 valence electrons. The molecule has 2 aromatic rings. The number of aromatic nitrogens is 2. The lowest BCUT2D eigenvalue weighted by Crippen LogP contribution is -2.26. The van der Waals surface area contributed by atoms with Gasteiger partial charge in [-0.3, -0.25) is 4.79 Å². The van der Waals surface area contributed by atoms with Crippen LogP contribution in [0.2, 0.25) is 5.02 Å². The van der Waals surface area contributed by atoms with Crippen LogP contribution in [0.5, 0.6) is 0 Å². The highest BCUT2D eigenvalue weighted by atomic mass is 35.5. The Balaban J connectivity index is 1.94. The first-order chi connectivity index (χ1) is 10.1. The number of hydrogen-bond donors (Lipinski definition) is 1. The number of nitrogens with zero attached hydrogens (tertiary/aromatic N) is 3. The predicted molar refractivity (Wildman–Crippen MR) is 81.3 cm³/mol. The minimum absolute atomic E-state index is 0.0290. The molecule has 1 N–H and O–H groups in total. The molecule has 21 heavy (non-hydrogen) atoms. The summed E-state index contributed by atoms with van der Waals surface area (Å²) in [5, 5.41) is 7.32. The molecule has 0 unspecified atom stereocenters. The normalized spacial score (nSPS) is 10.4. The maximum atomic E-state index is 10.8. The SMILES string of the molecule is CC(=O)NCCCN(C)c1nc(-c2cccc(Cl)c2)no1. The Labute approximate surface area is 128 Å². The Hall–Kier alpha value is -2.08. The monoisotopic (exact) mass is 308 g/mol. The Morgan fingerprint density at radius 3 is 3.00 bits per heavy atom. The Kier molecular flexibility index (Phi) is 5.16. The summed E-state index contributed by atoms with van der Waals surface area (Å²) >= 11 is 5.94. The molecule has 0 atom stereocenters. The van der Waals surface area contributed by atoms with E-state index in [1.165, 1.54) is 6.92 Å². The highest BCUT2D eigenvalue weighted by molar-refractivity contribution is 6.30. The minimum atomic E-state index is -0.0290. The van der Waals surface area contributed by atoms with E-state index in [1.54, 1.807) is 12.1 Å². The standard InChI is InChI=1S/C14H17ClN4O2/c1-10(20)16-7-4-8-19(2)14-17-13(18-21-14)11-5-3-6-12(15)9-11/h3,5-6,9H,4,7-8H2,1-2H3,(H,16,20). The summed E-state index contributed by atoms with van der Waals surface area (Å²) in [4.78, 5) is 17.0. The molecule has 0 radical (unpaired) electrons. The summed E-state index contributed by atoms with van der Waals surface area (Å²) in [6.07, 6.45) is 0.797. The van der Waals surface area contributed by atoms with Crippen molar-refractivity contribution >= 4 is 23.5 Å². The predicted octanol–water partition coefficient (Wildman–Crippen LogP) is 2.35. The van der Waals surface area contributed by atoms with Crippen LogP contribution >= 0.6 is 11.6 Å². The third-order valence-corrected chi connectivity index (χ3v) is 3.10. The third-order valence-electron chi connectivity index (χ3n) is 2.87. The first-order valence-electron chi connectivity index (χ1n) is 6.61. The van der Waals surface area contributed by atoms with Crippen molar-refractivity contribution in [2.24, 2.45) is 0 Å². The van der Waals surface area contributed by atoms with Crippen molar-refractivity contribution in [2.45, 2.75) is 13.3 Å². The highest BCUT2D eigenvalue weighted by Gasteiger charge is 2.12. The van der Waals surface area contributed by atoms with Crippen molar-refractivity contribution in [1.29, 1.82) is 0 Å². The number of nitrogens with one attached hydrogen (secondary N) is 1. The zero-order valence-corrected chi connectivity index (χ0v) is 12.7. The number of carbonyl (C=O) groups is 1. The number of amides is 1. The molecule has 0 saturated carbocycles. The van der Waals surface area contributed by atoms with Crippen molar-refractivity contribution in [1.82, 2.24) is 15.5 Å². The van der Waals surface area contributed by atoms with E-state index in [4.69, 9.17) is 16.1 Å². The molecule has 1 aromatic carbocycles. The lowest BCUT2D eigenvalue weighted by atomic mass is 10.2. The topological polar surface area (TPSA) is 71.3 Å². The number of benzene rings is 1. The summed E-state index contributed by atoms with van der Waals surface area (Å²) in [6, 6.07) is 7.72. The van der Waals surface area contributed by atoms with E-state index < -0.39 is 0 Å². The van der Waals surface area contributed by atoms with Gasteiger partial charge in [-0.25, -0.2) is 0 Å². The summed E-state index contributed by atoms with van der Waals surface area (Å²) in [7, 11) is 1.86. The van der Waals surface area contributed by atoms with Gasteiger partial charge in [-0.2, -0.15) is 4.98 Å². The van der Waals surface area contributed by atoms with Gasteiger partial charge in [0.1, 0.15) is 0 Å². The van der Waals surface area contributed by atoms with Crippen LogP contribution in [0.4, 0.5) is 6.01 Å². The Morgan fingerprint density at radius 1 is 1.48 bits per heavy atom. The fourth-order valence-electron chi connectivity index (χ4n) is 1.79. The molecular weight excluding hydrogens is 292 g/mol. The van der Waals surface area contributed by atoms with Gasteiger partial charge >= 0.3 is 6.01 Å². The van der Waals surface area contributed by atoms with Crippen LogP contribution < -0.4 is 10.2 Å². The molecule has 6 nitrogen and oxygen atoms in total. The van der Waals surface area contributed by atoms with Gasteiger partial charge in [0.05, 0.1) is 0 Å². The molecule has 0 aliphatic carbocycles. The molecule has 0 bridgehead atoms. The zero-order valence-electron chi connectivity index (χ0n) is 12.0. The maximum Gasteiger partial charge on any atom is 0.324 e. The second-order valence-electron chi connectivity index (χ2n) is 4.67. The van der Waals surface area contributed by atoms with E-state index in [9.17, 15) is 4.79 Å². The van der Waals surface area contributed by atoms with E-state index in [1.807, 2.05) is 24.1 Å². The van der Waals surface area contributed by atoms with Gasteiger partial charge in [-0.15, -0.1) is 0 Å². The third kappa shape index (κ3) is 4.46. The van der Waals surface area contributed by atoms with Crippen LogP contribution in [-0.4, -0.2) is 36.2 Å². The van der Waals surface area contributed by atoms with Gasteiger partial charge in [0, 0.05) is 37.6 Å². The lowest BCUT2D eigenvalue weighted by molar-refractivity contribution is -0.118. The first-order valence-corrected chi connectivity index (χ1v) is 6.99. The molecule has 0 spiro atoms. The molecule has 7 heteroatoms. The van der Waals surface area contributed by atoms with Crippen molar-refractivity contribution in [3.05, 3.63) is 29.3 Å². The van der Waals surface area contributed by atoms with Gasteiger partial charge in [0.15, 0.2) is 0 Å². The Bertz CT molecular complexity index is 615. The first kappa shape index (κ1) is 15.3. The summed E-state index contributed by atoms with van der Waals surface area (Å²) in [6.45, 7) is 2.82. The second-order valence-corrected chi connectivity index (χ2v) is 5.11. The van der Waals surface area contributed by atoms with Crippen molar-refractivity contribution < 1.29 is 9.32 Å². The van der Waals surface area contributed by atoms with Gasteiger partial charge in [0.2, 0.25) is 11.7 Å². The van der Waals surface area contributed by atoms with Crippen LogP contribution in [0.3, 0.4) is 0 Å². The average Bonchev–Trinajstić information content (AvgIpc) is 2.93. The number of anilines is 1. The molecular formula is C14H17ClN4O2. The van der Waals surface area contributed by atoms with Gasteiger partial charge in [-0.05, 0) is 18.6 Å². The molecule has 0 aliphatic heterocycles. The maximum absolute atomic E-state index is 10.8. The summed E-state index contributed by atoms with van der Waals surface area (Å²) < 4.78 is 5.23. The molecule has 1 aromatic heterocycles. The largest absolute Gasteiger partial charge is 0.356 e. The summed E-state index contributed by atoms with van der Waals surface area (Å²) in [5.74, 6) is 0.472. The quantitative estimate of drug-likeness (QED) is 0.829. The molecule has 0 saturated heterocycles. The zero-order chi connectivity index (χ0) is 15.2. The van der Waals surface area contributed by atoms with Crippen molar-refractivity contribution in [2.75, 3.05) is 25.0 Å². The van der Waals surface area contributed by atoms with E-state index in [-0.39, 0.29) is 5.91 Å². The van der Waals surface area contributed by atoms with Crippen LogP contribution in [-0.2, 0) is 4.79 Å². The minimum Gasteiger partial charge on any atom is -0.356 e. The van der Waals surface area contributed by atoms with E-state index in [0.717, 1.165) is 12.0 Å². The Morgan fingerprint density at radius 2 is 2.29 bits per heavy atom. The van der Waals surface area contributed by atoms with Crippen LogP contribution in [0, 0.1) is 0 Å². The molecule has 1 amide bonds. The number of hydrogen-bond acceptors (Lipinski definition) is 5. The van der Waals surface area contributed by atoms with Gasteiger partial charge in [-0.1, -0.05) is 28.9 Å². The molecule has 0 fully saturated rings. The van der Waals surface area contributed by atoms with E-state index in [2.05, 4.69) is 15.5 Å². The number of rotatable bonds is 6. The molecule has 0 aliphatic rings. The van der Waals surface area contributed by atoms with Crippen molar-refractivity contribution in [3.8, 4) is 11.4 Å². The number of halogens is 1. The summed E-state index contributed by atoms with van der Waals surface area (Å²) in [5.41, 5.74) is 0.809. The average molecular weight is 309 g/mol. The van der Waals surface area contributed by atoms with Gasteiger partial charge < -0.3 is 14.7 Å². The van der Waals surface area contributed by atoms with Crippen molar-refractivity contribution in [3.63, 3.8) is 0 Å². The molecule has 2 rings (SSSR count). The smallest absolute Gasteiger partial charge is 0.324 e. The van der Waals surface area contributed by atoms with Gasteiger partial charge in [0.25, 0.3) is 0 Å².